The maximum atomic E-state index is 11.3. The maximum absolute atomic E-state index is 11.3. The van der Waals surface area contributed by atoms with Crippen molar-refractivity contribution in [3.8, 4) is 0 Å². The average Bonchev–Trinajstić information content (AvgIpc) is 3.19. The fourth-order valence-corrected chi connectivity index (χ4v) is 3.79. The Hall–Kier alpha value is -7.00. The van der Waals surface area contributed by atoms with Crippen molar-refractivity contribution < 1.29 is 104 Å². The van der Waals surface area contributed by atoms with E-state index in [0.29, 0.717) is 22.3 Å². The summed E-state index contributed by atoms with van der Waals surface area (Å²) >= 11 is 0. The number of ketones is 8. The van der Waals surface area contributed by atoms with Crippen LogP contribution in [0.2, 0.25) is 0 Å². The Morgan fingerprint density at radius 3 is 0.544 bits per heavy atom. The van der Waals surface area contributed by atoms with Crippen molar-refractivity contribution in [2.75, 3.05) is 0 Å². The normalized spacial score (nSPS) is 9.26. The first-order valence-electron chi connectivity index (χ1n) is 15.8. The van der Waals surface area contributed by atoms with Crippen molar-refractivity contribution in [1.82, 2.24) is 0 Å². The molecule has 4 aromatic rings. The van der Waals surface area contributed by atoms with Crippen LogP contribution in [0.25, 0.3) is 0 Å². The van der Waals surface area contributed by atoms with E-state index < -0.39 is 95.8 Å². The van der Waals surface area contributed by atoms with Crippen molar-refractivity contribution in [2.24, 2.45) is 0 Å². The van der Waals surface area contributed by atoms with Gasteiger partial charge < -0.3 is 20.4 Å². The van der Waals surface area contributed by atoms with Gasteiger partial charge in [0.05, 0.1) is 25.7 Å². The molecule has 57 heavy (non-hydrogen) atoms. The summed E-state index contributed by atoms with van der Waals surface area (Å²) in [5.41, 5.74) is 1.40. The van der Waals surface area contributed by atoms with Crippen LogP contribution in [-0.2, 0) is 64.6 Å². The predicted octanol–water partition coefficient (Wildman–Crippen LogP) is 3.65. The first-order valence-corrected chi connectivity index (χ1v) is 15.8. The van der Waals surface area contributed by atoms with Gasteiger partial charge in [-0.3, -0.25) is 38.4 Å². The van der Waals surface area contributed by atoms with E-state index in [2.05, 4.69) is 0 Å². The minimum Gasteiger partial charge on any atom is -0.475 e. The van der Waals surface area contributed by atoms with Gasteiger partial charge >= 0.3 is 50.1 Å². The molecule has 0 fully saturated rings. The zero-order valence-electron chi connectivity index (χ0n) is 29.6. The number of aliphatic carboxylic acids is 4. The monoisotopic (exact) mass is 858 g/mol. The number of carbonyl (C=O) groups excluding carboxylic acids is 8. The van der Waals surface area contributed by atoms with Crippen molar-refractivity contribution in [3.05, 3.63) is 144 Å². The van der Waals surface area contributed by atoms with E-state index in [1.165, 1.54) is 48.5 Å². The Bertz CT molecular complexity index is 1780. The molecule has 4 rings (SSSR count). The van der Waals surface area contributed by atoms with Crippen LogP contribution in [0, 0.1) is 0 Å². The number of rotatable bonds is 16. The third kappa shape index (κ3) is 20.3. The van der Waals surface area contributed by atoms with Gasteiger partial charge in [-0.1, -0.05) is 121 Å². The molecule has 0 aromatic heterocycles. The molecule has 288 valence electrons. The van der Waals surface area contributed by atoms with Crippen LogP contribution < -0.4 is 0 Å². The molecule has 17 heteroatoms. The Morgan fingerprint density at radius 1 is 0.281 bits per heavy atom. The first-order chi connectivity index (χ1) is 26.4. The van der Waals surface area contributed by atoms with Crippen molar-refractivity contribution in [2.45, 2.75) is 25.7 Å². The molecule has 0 bridgehead atoms. The summed E-state index contributed by atoms with van der Waals surface area (Å²) in [6, 6.07) is 32.5. The summed E-state index contributed by atoms with van der Waals surface area (Å²) in [5, 5.41) is 33.1. The molecule has 0 amide bonds. The molecule has 0 saturated heterocycles. The Balaban J connectivity index is 0.000000729. The molecule has 0 heterocycles. The molecule has 0 aliphatic rings. The quantitative estimate of drug-likeness (QED) is 0.0710. The van der Waals surface area contributed by atoms with Gasteiger partial charge in [0, 0.05) is 22.3 Å². The Kier molecular flexibility index (Phi) is 23.4. The summed E-state index contributed by atoms with van der Waals surface area (Å²) < 4.78 is 0. The molecular formula is C40H32O16Zr+4. The fraction of sp³-hybridized carbons (Fsp3) is 0.100. The second-order valence-electron chi connectivity index (χ2n) is 10.8. The minimum absolute atomic E-state index is 0. The molecule has 0 aliphatic heterocycles. The Labute approximate surface area is 342 Å². The summed E-state index contributed by atoms with van der Waals surface area (Å²) in [7, 11) is 0. The summed E-state index contributed by atoms with van der Waals surface area (Å²) in [6.07, 6.45) is -2.34. The van der Waals surface area contributed by atoms with Gasteiger partial charge in [0.15, 0.2) is 23.1 Å². The average molecular weight is 860 g/mol. The second kappa shape index (κ2) is 26.7. The van der Waals surface area contributed by atoms with Crippen LogP contribution in [0.4, 0.5) is 0 Å². The number of carbonyl (C=O) groups is 12. The van der Waals surface area contributed by atoms with E-state index in [0.717, 1.165) is 0 Å². The van der Waals surface area contributed by atoms with Crippen LogP contribution in [0.1, 0.15) is 67.1 Å². The van der Waals surface area contributed by atoms with Crippen molar-refractivity contribution in [1.29, 1.82) is 0 Å². The SMILES string of the molecule is O=C(O)C(=O)CC(=O)c1ccccc1.O=C(O)C(=O)CC(=O)c1ccccc1.O=C(O)C(=O)CC(=O)c1ccccc1.O=C(O)C(=O)CC(=O)c1ccccc1.[Zr+4]. The molecule has 0 radical (unpaired) electrons. The number of benzene rings is 4. The summed E-state index contributed by atoms with van der Waals surface area (Å²) in [4.78, 5) is 129. The van der Waals surface area contributed by atoms with Gasteiger partial charge in [-0.25, -0.2) is 19.2 Å². The zero-order valence-corrected chi connectivity index (χ0v) is 32.0. The fourth-order valence-electron chi connectivity index (χ4n) is 3.79. The van der Waals surface area contributed by atoms with Gasteiger partial charge in [0.25, 0.3) is 0 Å². The summed E-state index contributed by atoms with van der Waals surface area (Å²) in [6.45, 7) is 0. The van der Waals surface area contributed by atoms with E-state index in [4.69, 9.17) is 20.4 Å². The van der Waals surface area contributed by atoms with Gasteiger partial charge in [-0.15, -0.1) is 0 Å². The van der Waals surface area contributed by atoms with E-state index in [1.807, 2.05) is 0 Å². The van der Waals surface area contributed by atoms with E-state index >= 15 is 0 Å². The largest absolute Gasteiger partial charge is 4.00 e. The molecule has 4 N–H and O–H groups in total. The topological polar surface area (TPSA) is 286 Å². The van der Waals surface area contributed by atoms with E-state index in [9.17, 15) is 57.5 Å². The van der Waals surface area contributed by atoms with E-state index in [1.54, 1.807) is 72.8 Å². The third-order valence-corrected chi connectivity index (χ3v) is 6.62. The van der Waals surface area contributed by atoms with Gasteiger partial charge in [-0.2, -0.15) is 0 Å². The molecule has 0 atom stereocenters. The first kappa shape index (κ1) is 50.0. The third-order valence-electron chi connectivity index (χ3n) is 6.62. The van der Waals surface area contributed by atoms with Crippen LogP contribution in [0.3, 0.4) is 0 Å². The molecule has 0 aliphatic carbocycles. The maximum Gasteiger partial charge on any atom is 4.00 e. The summed E-state index contributed by atoms with van der Waals surface area (Å²) in [5.74, 6) is -12.5. The number of hydrogen-bond donors (Lipinski definition) is 4. The number of carboxylic acids is 4. The van der Waals surface area contributed by atoms with Gasteiger partial charge in [-0.05, 0) is 0 Å². The Morgan fingerprint density at radius 2 is 0.421 bits per heavy atom. The molecule has 16 nitrogen and oxygen atoms in total. The van der Waals surface area contributed by atoms with E-state index in [-0.39, 0.29) is 26.2 Å². The zero-order chi connectivity index (χ0) is 42.2. The van der Waals surface area contributed by atoms with Gasteiger partial charge in [0.1, 0.15) is 0 Å². The number of hydrogen-bond acceptors (Lipinski definition) is 12. The molecule has 0 spiro atoms. The molecule has 4 aromatic carbocycles. The smallest absolute Gasteiger partial charge is 0.475 e. The molecule has 0 unspecified atom stereocenters. The van der Waals surface area contributed by atoms with Crippen LogP contribution >= 0.6 is 0 Å². The second-order valence-corrected chi connectivity index (χ2v) is 10.8. The number of carboxylic acid groups (broad SMARTS) is 4. The molecule has 0 saturated carbocycles. The minimum atomic E-state index is -1.57. The van der Waals surface area contributed by atoms with Crippen molar-refractivity contribution >= 4 is 70.1 Å². The molecular weight excluding hydrogens is 828 g/mol. The predicted molar refractivity (Wildman–Crippen MR) is 192 cm³/mol. The van der Waals surface area contributed by atoms with Crippen LogP contribution in [0.15, 0.2) is 121 Å². The van der Waals surface area contributed by atoms with Crippen LogP contribution in [-0.4, -0.2) is 90.6 Å². The number of Topliss-reactive ketones (excluding diaryl/α,β-unsaturated/α-hetero) is 8. The standard InChI is InChI=1S/4C10H8O4.Zr/c4*11-8(6-9(12)10(13)14)7-4-2-1-3-5-7;/h4*1-5H,6H2,(H,13,14);/q;;;;+4. The van der Waals surface area contributed by atoms with Gasteiger partial charge in [0.2, 0.25) is 23.1 Å². The van der Waals surface area contributed by atoms with Crippen LogP contribution in [0.5, 0.6) is 0 Å². The van der Waals surface area contributed by atoms with Crippen molar-refractivity contribution in [3.63, 3.8) is 0 Å².